The Kier molecular flexibility index (Phi) is 12.4. The number of hydrogen-bond donors (Lipinski definition) is 2. The Labute approximate surface area is 239 Å². The van der Waals surface area contributed by atoms with Gasteiger partial charge in [-0.15, -0.1) is 0 Å². The fourth-order valence-electron chi connectivity index (χ4n) is 3.57. The van der Waals surface area contributed by atoms with Gasteiger partial charge < -0.3 is 51.6 Å². The first-order chi connectivity index (χ1) is 18.3. The number of hydrogen-bond acceptors (Lipinski definition) is 10. The van der Waals surface area contributed by atoms with E-state index in [1.54, 1.807) is 0 Å². The van der Waals surface area contributed by atoms with Gasteiger partial charge in [0.15, 0.2) is 11.6 Å². The smallest absolute Gasteiger partial charge is 0.457 e. The van der Waals surface area contributed by atoms with Crippen molar-refractivity contribution in [1.29, 1.82) is 0 Å². The third kappa shape index (κ3) is 8.76. The summed E-state index contributed by atoms with van der Waals surface area (Å²) in [6.45, 7) is 0. The molecule has 0 bridgehead atoms. The van der Waals surface area contributed by atoms with Crippen LogP contribution in [0.3, 0.4) is 0 Å². The Morgan fingerprint density at radius 2 is 0.805 bits per heavy atom. The second-order valence-electron chi connectivity index (χ2n) is 7.47. The number of fused-ring (bicyclic) bond motifs is 2. The Morgan fingerprint density at radius 3 is 1.15 bits per heavy atom. The number of rotatable bonds is 3. The normalized spacial score (nSPS) is 9.46. The fourth-order valence-corrected chi connectivity index (χ4v) is 3.57. The summed E-state index contributed by atoms with van der Waals surface area (Å²) in [5, 5.41) is 29.5. The van der Waals surface area contributed by atoms with Gasteiger partial charge in [0.1, 0.15) is 11.4 Å². The van der Waals surface area contributed by atoms with Crippen LogP contribution in [-0.2, 0) is 27.4 Å². The van der Waals surface area contributed by atoms with Crippen LogP contribution in [0, 0.1) is 30.6 Å². The van der Waals surface area contributed by atoms with Crippen LogP contribution in [0.5, 0.6) is 0 Å². The molecule has 0 fully saturated rings. The topological polar surface area (TPSA) is 282 Å². The number of imidazole rings is 2. The van der Waals surface area contributed by atoms with Crippen molar-refractivity contribution in [3.63, 3.8) is 0 Å². The van der Waals surface area contributed by atoms with Crippen molar-refractivity contribution in [2.24, 2.45) is 0 Å². The van der Waals surface area contributed by atoms with Gasteiger partial charge in [-0.2, -0.15) is 0 Å². The van der Waals surface area contributed by atoms with Gasteiger partial charge in [0.2, 0.25) is 0 Å². The number of pyridine rings is 2. The van der Waals surface area contributed by atoms with E-state index in [9.17, 15) is 0 Å². The van der Waals surface area contributed by atoms with E-state index in [0.29, 0.717) is 0 Å². The molecule has 0 saturated carbocycles. The molecule has 0 unspecified atom stereocenters. The van der Waals surface area contributed by atoms with Crippen LogP contribution < -0.4 is 0 Å². The quantitative estimate of drug-likeness (QED) is 0.128. The second kappa shape index (κ2) is 15.2. The first-order valence-electron chi connectivity index (χ1n) is 10.8. The van der Waals surface area contributed by atoms with Crippen LogP contribution in [-0.4, -0.2) is 40.1 Å². The summed E-state index contributed by atoms with van der Waals surface area (Å²) >= 11 is 0. The molecule has 6 rings (SSSR count). The van der Waals surface area contributed by atoms with Crippen LogP contribution >= 0.6 is 0 Å². The number of nitrogens with zero attached hydrogens (tertiary/aromatic N) is 6. The maximum absolute atomic E-state index is 8.25. The van der Waals surface area contributed by atoms with Crippen molar-refractivity contribution in [2.45, 2.75) is 0 Å². The number of benzene rings is 2. The molecule has 0 saturated heterocycles. The summed E-state index contributed by atoms with van der Waals surface area (Å²) in [6, 6.07) is 27.7. The summed E-state index contributed by atoms with van der Waals surface area (Å²) in [5.41, 5.74) is 6.94. The number of aromatic amines is 2. The maximum Gasteiger partial charge on any atom is 2.00 e. The van der Waals surface area contributed by atoms with Gasteiger partial charge in [0.05, 0.1) is 43.6 Å². The molecule has 8 N–H and O–H groups in total. The van der Waals surface area contributed by atoms with Crippen LogP contribution in [0.25, 0.3) is 56.5 Å². The SMILES string of the molecule is O=[N+]([O-])[O-].O=[N+]([O-])[O-].[Ni+2].[OH3+].[OH3+].c1cc(-c2cccc(-c3nc4ccccc4[nH]3)n2)nc(-c2nc3ccccc3[nH]2)c1. The fraction of sp³-hybridized carbons (Fsp3) is 0. The summed E-state index contributed by atoms with van der Waals surface area (Å²) in [5.74, 6) is 1.48. The number of para-hydroxylation sites is 4. The standard InChI is InChI=1S/C24H16N6.2NO3.Ni.2H2O/c1-2-8-18-17(7-1)27-23(28-18)21-13-5-11-15(25-21)16-12-6-14-22(26-16)24-29-19-9-3-4-10-20(19)30-24;2*2-1(3)4;;;/h1-14H,(H,27,28)(H,29,30);;;;2*1H2/q;2*-1;+2;;/p+2. The minimum absolute atomic E-state index is 0. The van der Waals surface area contributed by atoms with Crippen LogP contribution in [0.15, 0.2) is 84.9 Å². The van der Waals surface area contributed by atoms with Crippen molar-refractivity contribution in [2.75, 3.05) is 0 Å². The molecule has 0 atom stereocenters. The molecule has 0 amide bonds. The molecule has 17 heteroatoms. The van der Waals surface area contributed by atoms with Gasteiger partial charge in [-0.05, 0) is 48.5 Å². The van der Waals surface area contributed by atoms with Crippen molar-refractivity contribution in [3.8, 4) is 34.4 Å². The van der Waals surface area contributed by atoms with E-state index in [1.807, 2.05) is 84.9 Å². The van der Waals surface area contributed by atoms with Gasteiger partial charge in [-0.1, -0.05) is 36.4 Å². The van der Waals surface area contributed by atoms with E-state index in [-0.39, 0.29) is 27.4 Å². The summed E-state index contributed by atoms with van der Waals surface area (Å²) in [4.78, 5) is 42.1. The minimum atomic E-state index is -1.75. The largest absolute Gasteiger partial charge is 2.00 e. The zero-order chi connectivity index (χ0) is 27.1. The van der Waals surface area contributed by atoms with Crippen LogP contribution in [0.2, 0.25) is 0 Å². The van der Waals surface area contributed by atoms with Gasteiger partial charge in [0.25, 0.3) is 0 Å². The third-order valence-electron chi connectivity index (χ3n) is 5.02. The van der Waals surface area contributed by atoms with E-state index in [1.165, 1.54) is 0 Å². The average Bonchev–Trinajstić information content (AvgIpc) is 3.53. The van der Waals surface area contributed by atoms with E-state index in [0.717, 1.165) is 56.5 Å². The predicted molar refractivity (Wildman–Crippen MR) is 148 cm³/mol. The second-order valence-corrected chi connectivity index (χ2v) is 7.47. The molecule has 214 valence electrons. The Bertz CT molecular complexity index is 1540. The molecule has 6 aromatic rings. The zero-order valence-electron chi connectivity index (χ0n) is 20.7. The zero-order valence-corrected chi connectivity index (χ0v) is 21.7. The predicted octanol–water partition coefficient (Wildman–Crippen LogP) is 2.91. The molecular weight excluding hydrogens is 587 g/mol. The molecule has 2 aromatic carbocycles. The summed E-state index contributed by atoms with van der Waals surface area (Å²) < 4.78 is 0. The van der Waals surface area contributed by atoms with Crippen molar-refractivity contribution < 1.29 is 37.6 Å². The van der Waals surface area contributed by atoms with Crippen molar-refractivity contribution in [1.82, 2.24) is 29.9 Å². The van der Waals surface area contributed by atoms with E-state index in [4.69, 9.17) is 40.6 Å². The van der Waals surface area contributed by atoms with Gasteiger partial charge >= 0.3 is 16.5 Å². The molecule has 16 nitrogen and oxygen atoms in total. The van der Waals surface area contributed by atoms with Gasteiger partial charge in [-0.25, -0.2) is 19.9 Å². The molecule has 41 heavy (non-hydrogen) atoms. The van der Waals surface area contributed by atoms with Crippen LogP contribution in [0.4, 0.5) is 0 Å². The molecule has 4 aromatic heterocycles. The number of aromatic nitrogens is 6. The molecule has 0 aliphatic carbocycles. The average molecular weight is 609 g/mol. The Balaban J connectivity index is 0.000000686. The number of H-pyrrole nitrogens is 2. The maximum atomic E-state index is 8.25. The van der Waals surface area contributed by atoms with Crippen LogP contribution in [0.1, 0.15) is 0 Å². The van der Waals surface area contributed by atoms with E-state index >= 15 is 0 Å². The van der Waals surface area contributed by atoms with E-state index < -0.39 is 10.2 Å². The van der Waals surface area contributed by atoms with Crippen molar-refractivity contribution in [3.05, 3.63) is 116 Å². The Morgan fingerprint density at radius 1 is 0.488 bits per heavy atom. The molecule has 0 aliphatic heterocycles. The molecular formula is C24H22N8NiO8+2. The first kappa shape index (κ1) is 33.5. The first-order valence-corrected chi connectivity index (χ1v) is 10.8. The van der Waals surface area contributed by atoms with Crippen molar-refractivity contribution >= 4 is 22.1 Å². The Hall–Kier alpha value is -5.51. The molecule has 0 radical (unpaired) electrons. The molecule has 0 spiro atoms. The minimum Gasteiger partial charge on any atom is -0.457 e. The molecule has 4 heterocycles. The molecule has 0 aliphatic rings. The van der Waals surface area contributed by atoms with Gasteiger partial charge in [-0.3, -0.25) is 0 Å². The monoisotopic (exact) mass is 608 g/mol. The third-order valence-corrected chi connectivity index (χ3v) is 5.02. The summed E-state index contributed by atoms with van der Waals surface area (Å²) in [7, 11) is 0. The van der Waals surface area contributed by atoms with E-state index in [2.05, 4.69) is 19.9 Å². The summed E-state index contributed by atoms with van der Waals surface area (Å²) in [6.07, 6.45) is 0. The van der Waals surface area contributed by atoms with Gasteiger partial charge in [0, 0.05) is 0 Å². The number of nitrogens with one attached hydrogen (secondary N) is 2.